The number of carbonyl (C=O) groups is 1. The van der Waals surface area contributed by atoms with Crippen molar-refractivity contribution in [3.8, 4) is 17.6 Å². The molecule has 31 heavy (non-hydrogen) atoms. The summed E-state index contributed by atoms with van der Waals surface area (Å²) >= 11 is 0. The summed E-state index contributed by atoms with van der Waals surface area (Å²) in [4.78, 5) is 15.6. The largest absolute Gasteiger partial charge is 0.496 e. The number of methoxy groups -OCH3 is 1. The second-order valence-corrected chi connectivity index (χ2v) is 9.09. The molecule has 1 saturated heterocycles. The Morgan fingerprint density at radius 1 is 1.19 bits per heavy atom. The van der Waals surface area contributed by atoms with Crippen molar-refractivity contribution >= 4 is 5.78 Å². The number of ketones is 1. The number of piperidine rings is 1. The highest BCUT2D eigenvalue weighted by Crippen LogP contribution is 2.28. The van der Waals surface area contributed by atoms with Gasteiger partial charge in [0.15, 0.2) is 5.78 Å². The quantitative estimate of drug-likeness (QED) is 0.571. The zero-order valence-corrected chi connectivity index (χ0v) is 19.3. The van der Waals surface area contributed by atoms with E-state index in [2.05, 4.69) is 28.9 Å². The molecule has 0 aromatic heterocycles. The summed E-state index contributed by atoms with van der Waals surface area (Å²) in [6.45, 7) is 9.95. The number of rotatable bonds is 5. The molecule has 164 valence electrons. The van der Waals surface area contributed by atoms with Crippen molar-refractivity contribution < 1.29 is 14.6 Å². The van der Waals surface area contributed by atoms with Gasteiger partial charge in [0, 0.05) is 30.1 Å². The van der Waals surface area contributed by atoms with Crippen LogP contribution < -0.4 is 4.74 Å². The number of likely N-dealkylation sites (tertiary alicyclic amines) is 1. The number of aliphatic hydroxyl groups is 1. The van der Waals surface area contributed by atoms with Gasteiger partial charge >= 0.3 is 0 Å². The van der Waals surface area contributed by atoms with Crippen LogP contribution in [-0.4, -0.2) is 41.6 Å². The molecule has 0 spiro atoms. The van der Waals surface area contributed by atoms with Gasteiger partial charge in [-0.3, -0.25) is 9.69 Å². The molecule has 1 N–H and O–H groups in total. The maximum atomic E-state index is 13.2. The van der Waals surface area contributed by atoms with Crippen molar-refractivity contribution in [2.75, 3.05) is 20.2 Å². The van der Waals surface area contributed by atoms with E-state index in [1.807, 2.05) is 38.1 Å². The maximum Gasteiger partial charge on any atom is 0.167 e. The zero-order valence-electron chi connectivity index (χ0n) is 19.3. The maximum absolute atomic E-state index is 13.2. The monoisotopic (exact) mass is 419 g/mol. The van der Waals surface area contributed by atoms with E-state index in [-0.39, 0.29) is 11.7 Å². The highest BCUT2D eigenvalue weighted by molar-refractivity contribution is 5.98. The van der Waals surface area contributed by atoms with Crippen LogP contribution in [0, 0.1) is 31.6 Å². The van der Waals surface area contributed by atoms with Gasteiger partial charge in [0.1, 0.15) is 11.4 Å². The molecule has 2 aromatic rings. The van der Waals surface area contributed by atoms with Gasteiger partial charge in [-0.1, -0.05) is 24.0 Å². The number of Topliss-reactive ketones (excluding diaryl/α,β-unsaturated/α-hetero) is 1. The summed E-state index contributed by atoms with van der Waals surface area (Å²) < 4.78 is 5.44. The normalized spacial score (nSPS) is 17.0. The Bertz CT molecular complexity index is 967. The van der Waals surface area contributed by atoms with Gasteiger partial charge in [-0.25, -0.2) is 0 Å². The van der Waals surface area contributed by atoms with Gasteiger partial charge in [0.2, 0.25) is 0 Å². The number of benzene rings is 2. The fourth-order valence-electron chi connectivity index (χ4n) is 4.24. The second-order valence-electron chi connectivity index (χ2n) is 9.09. The standard InChI is InChI=1S/C27H33NO3/c1-19-15-24(16-20(2)26(19)31-5)25(29)23-7-6-14-28(18-23)17-22-10-8-21(9-11-22)12-13-27(3,4)30/h8-11,15-16,23,30H,6-7,14,17-18H2,1-5H3. The van der Waals surface area contributed by atoms with Crippen molar-refractivity contribution in [1.29, 1.82) is 0 Å². The first-order valence-corrected chi connectivity index (χ1v) is 10.9. The first kappa shape index (κ1) is 23.1. The molecule has 3 rings (SSSR count). The number of ether oxygens (including phenoxy) is 1. The number of hydrogen-bond donors (Lipinski definition) is 1. The van der Waals surface area contributed by atoms with Crippen molar-refractivity contribution in [1.82, 2.24) is 4.90 Å². The molecular weight excluding hydrogens is 386 g/mol. The Labute approximate surface area is 186 Å². The van der Waals surface area contributed by atoms with Gasteiger partial charge < -0.3 is 9.84 Å². The molecule has 1 fully saturated rings. The average molecular weight is 420 g/mol. The Morgan fingerprint density at radius 3 is 2.42 bits per heavy atom. The molecule has 0 radical (unpaired) electrons. The molecule has 1 aliphatic heterocycles. The van der Waals surface area contributed by atoms with Crippen LogP contribution in [0.25, 0.3) is 0 Å². The van der Waals surface area contributed by atoms with E-state index in [4.69, 9.17) is 4.74 Å². The van der Waals surface area contributed by atoms with E-state index in [0.29, 0.717) is 0 Å². The Hall–Kier alpha value is -2.61. The number of carbonyl (C=O) groups excluding carboxylic acids is 1. The second kappa shape index (κ2) is 9.68. The third-order valence-corrected chi connectivity index (χ3v) is 5.70. The molecule has 0 amide bonds. The summed E-state index contributed by atoms with van der Waals surface area (Å²) in [6.07, 6.45) is 1.96. The average Bonchev–Trinajstić information content (AvgIpc) is 2.72. The lowest BCUT2D eigenvalue weighted by Gasteiger charge is -2.32. The summed E-state index contributed by atoms with van der Waals surface area (Å²) in [6, 6.07) is 12.1. The predicted octanol–water partition coefficient (Wildman–Crippen LogP) is 4.53. The van der Waals surface area contributed by atoms with Crippen LogP contribution >= 0.6 is 0 Å². The number of aryl methyl sites for hydroxylation is 2. The Kier molecular flexibility index (Phi) is 7.20. The van der Waals surface area contributed by atoms with Crippen LogP contribution in [0.2, 0.25) is 0 Å². The summed E-state index contributed by atoms with van der Waals surface area (Å²) in [7, 11) is 1.67. The van der Waals surface area contributed by atoms with Crippen molar-refractivity contribution in [3.63, 3.8) is 0 Å². The van der Waals surface area contributed by atoms with Crippen LogP contribution in [-0.2, 0) is 6.54 Å². The summed E-state index contributed by atoms with van der Waals surface area (Å²) in [5, 5.41) is 9.74. The van der Waals surface area contributed by atoms with E-state index in [9.17, 15) is 9.90 Å². The van der Waals surface area contributed by atoms with Gasteiger partial charge in [-0.15, -0.1) is 0 Å². The van der Waals surface area contributed by atoms with Crippen LogP contribution in [0.4, 0.5) is 0 Å². The molecule has 4 heteroatoms. The van der Waals surface area contributed by atoms with E-state index in [1.54, 1.807) is 21.0 Å². The molecule has 4 nitrogen and oxygen atoms in total. The Morgan fingerprint density at radius 2 is 1.84 bits per heavy atom. The van der Waals surface area contributed by atoms with E-state index >= 15 is 0 Å². The van der Waals surface area contributed by atoms with E-state index < -0.39 is 5.60 Å². The zero-order chi connectivity index (χ0) is 22.6. The molecule has 1 atom stereocenters. The van der Waals surface area contributed by atoms with Crippen molar-refractivity contribution in [2.45, 2.75) is 52.7 Å². The highest BCUT2D eigenvalue weighted by atomic mass is 16.5. The topological polar surface area (TPSA) is 49.8 Å². The fraction of sp³-hybridized carbons (Fsp3) is 0.444. The van der Waals surface area contributed by atoms with E-state index in [1.165, 1.54) is 5.56 Å². The predicted molar refractivity (Wildman–Crippen MR) is 124 cm³/mol. The minimum absolute atomic E-state index is 0.0258. The minimum Gasteiger partial charge on any atom is -0.496 e. The molecular formula is C27H33NO3. The van der Waals surface area contributed by atoms with Crippen LogP contribution in [0.3, 0.4) is 0 Å². The third kappa shape index (κ3) is 6.19. The van der Waals surface area contributed by atoms with Crippen LogP contribution in [0.1, 0.15) is 59.3 Å². The SMILES string of the molecule is COc1c(C)cc(C(=O)C2CCCN(Cc3ccc(C#CC(C)(C)O)cc3)C2)cc1C. The lowest BCUT2D eigenvalue weighted by molar-refractivity contribution is 0.0811. The molecule has 2 aromatic carbocycles. The van der Waals surface area contributed by atoms with E-state index in [0.717, 1.165) is 60.5 Å². The summed E-state index contributed by atoms with van der Waals surface area (Å²) in [5.74, 6) is 6.96. The minimum atomic E-state index is -0.991. The summed E-state index contributed by atoms with van der Waals surface area (Å²) in [5.41, 5.74) is 3.91. The first-order valence-electron chi connectivity index (χ1n) is 10.9. The van der Waals surface area contributed by atoms with Crippen molar-refractivity contribution in [3.05, 3.63) is 64.2 Å². The van der Waals surface area contributed by atoms with Crippen LogP contribution in [0.5, 0.6) is 5.75 Å². The van der Waals surface area contributed by atoms with Crippen LogP contribution in [0.15, 0.2) is 36.4 Å². The number of hydrogen-bond acceptors (Lipinski definition) is 4. The smallest absolute Gasteiger partial charge is 0.167 e. The fourth-order valence-corrected chi connectivity index (χ4v) is 4.24. The first-order chi connectivity index (χ1) is 14.7. The molecule has 0 aliphatic carbocycles. The molecule has 1 heterocycles. The van der Waals surface area contributed by atoms with Crippen molar-refractivity contribution in [2.24, 2.45) is 5.92 Å². The lowest BCUT2D eigenvalue weighted by atomic mass is 9.88. The van der Waals surface area contributed by atoms with Gasteiger partial charge in [0.05, 0.1) is 7.11 Å². The third-order valence-electron chi connectivity index (χ3n) is 5.70. The molecule has 1 aliphatic rings. The Balaban J connectivity index is 1.65. The highest BCUT2D eigenvalue weighted by Gasteiger charge is 2.27. The van der Waals surface area contributed by atoms with Gasteiger partial charge in [0.25, 0.3) is 0 Å². The number of nitrogens with zero attached hydrogens (tertiary/aromatic N) is 1. The van der Waals surface area contributed by atoms with Gasteiger partial charge in [-0.05, 0) is 88.0 Å². The lowest BCUT2D eigenvalue weighted by Crippen LogP contribution is -2.38. The molecule has 1 unspecified atom stereocenters. The molecule has 0 bridgehead atoms. The molecule has 0 saturated carbocycles. The van der Waals surface area contributed by atoms with Gasteiger partial charge in [-0.2, -0.15) is 0 Å².